The summed E-state index contributed by atoms with van der Waals surface area (Å²) < 4.78 is 11.2. The quantitative estimate of drug-likeness (QED) is 0.605. The Kier molecular flexibility index (Phi) is 8.39. The summed E-state index contributed by atoms with van der Waals surface area (Å²) in [5.74, 6) is 1.18. The molecule has 2 amide bonds. The van der Waals surface area contributed by atoms with Crippen molar-refractivity contribution in [1.82, 2.24) is 10.2 Å². The van der Waals surface area contributed by atoms with Crippen molar-refractivity contribution in [1.29, 1.82) is 0 Å². The molecule has 0 saturated carbocycles. The second kappa shape index (κ2) is 11.2. The summed E-state index contributed by atoms with van der Waals surface area (Å²) in [6.45, 7) is 7.11. The molecule has 3 rings (SSSR count). The number of benzene rings is 2. The van der Waals surface area contributed by atoms with Gasteiger partial charge in [-0.1, -0.05) is 36.7 Å². The number of nitrogens with one attached hydrogen (secondary N) is 1. The number of hydrogen-bond donors (Lipinski definition) is 1. The summed E-state index contributed by atoms with van der Waals surface area (Å²) in [6, 6.07) is 12.6. The molecule has 2 atom stereocenters. The van der Waals surface area contributed by atoms with E-state index in [2.05, 4.69) is 5.32 Å². The van der Waals surface area contributed by atoms with Crippen molar-refractivity contribution in [2.75, 3.05) is 13.2 Å². The Hall–Kier alpha value is -2.73. The van der Waals surface area contributed by atoms with Crippen molar-refractivity contribution in [3.8, 4) is 11.5 Å². The maximum atomic E-state index is 13.3. The van der Waals surface area contributed by atoms with Crippen molar-refractivity contribution < 1.29 is 19.1 Å². The van der Waals surface area contributed by atoms with Crippen LogP contribution >= 0.6 is 11.6 Å². The predicted octanol–water partition coefficient (Wildman–Crippen LogP) is 4.38. The SMILES string of the molecule is CC[C@@H](C)NC(=O)[C@H](C)N(Cc1cccc(Cl)c1)C(=O)CCc1ccc2c(c1)OCCO2. The summed E-state index contributed by atoms with van der Waals surface area (Å²) in [7, 11) is 0. The van der Waals surface area contributed by atoms with Gasteiger partial charge in [-0.25, -0.2) is 0 Å². The van der Waals surface area contributed by atoms with Gasteiger partial charge in [0.05, 0.1) is 0 Å². The lowest BCUT2D eigenvalue weighted by atomic mass is 10.1. The topological polar surface area (TPSA) is 67.9 Å². The molecule has 1 aliphatic heterocycles. The van der Waals surface area contributed by atoms with Gasteiger partial charge < -0.3 is 19.7 Å². The molecule has 172 valence electrons. The van der Waals surface area contributed by atoms with Gasteiger partial charge in [-0.15, -0.1) is 0 Å². The summed E-state index contributed by atoms with van der Waals surface area (Å²) in [6.07, 6.45) is 1.65. The zero-order chi connectivity index (χ0) is 23.1. The van der Waals surface area contributed by atoms with Crippen LogP contribution < -0.4 is 14.8 Å². The molecule has 0 fully saturated rings. The first-order valence-electron chi connectivity index (χ1n) is 11.1. The lowest BCUT2D eigenvalue weighted by Gasteiger charge is -2.30. The Labute approximate surface area is 194 Å². The Morgan fingerprint density at radius 2 is 1.81 bits per heavy atom. The lowest BCUT2D eigenvalue weighted by molar-refractivity contribution is -0.140. The maximum absolute atomic E-state index is 13.3. The molecule has 0 aromatic heterocycles. The minimum atomic E-state index is -0.601. The van der Waals surface area contributed by atoms with Crippen LogP contribution in [0.5, 0.6) is 11.5 Å². The largest absolute Gasteiger partial charge is 0.486 e. The average Bonchev–Trinajstić information content (AvgIpc) is 2.80. The second-order valence-electron chi connectivity index (χ2n) is 8.12. The van der Waals surface area contributed by atoms with Crippen LogP contribution in [-0.2, 0) is 22.6 Å². The fourth-order valence-electron chi connectivity index (χ4n) is 3.52. The first-order chi connectivity index (χ1) is 15.4. The standard InChI is InChI=1S/C25H31ClN2O4/c1-4-17(2)27-25(30)18(3)28(16-20-6-5-7-21(26)14-20)24(29)11-9-19-8-10-22-23(15-19)32-13-12-31-22/h5-8,10,14-15,17-18H,4,9,11-13,16H2,1-3H3,(H,27,30)/t17-,18+/m1/s1. The smallest absolute Gasteiger partial charge is 0.242 e. The van der Waals surface area contributed by atoms with E-state index in [0.717, 1.165) is 23.3 Å². The number of nitrogens with zero attached hydrogens (tertiary/aromatic N) is 1. The van der Waals surface area contributed by atoms with Gasteiger partial charge in [0, 0.05) is 24.0 Å². The predicted molar refractivity (Wildman–Crippen MR) is 125 cm³/mol. The van der Waals surface area contributed by atoms with E-state index in [4.69, 9.17) is 21.1 Å². The van der Waals surface area contributed by atoms with E-state index >= 15 is 0 Å². The minimum absolute atomic E-state index is 0.0470. The zero-order valence-corrected chi connectivity index (χ0v) is 19.7. The highest BCUT2D eigenvalue weighted by atomic mass is 35.5. The molecule has 7 heteroatoms. The molecule has 0 unspecified atom stereocenters. The number of amides is 2. The third-order valence-corrected chi connectivity index (χ3v) is 5.88. The number of carbonyl (C=O) groups is 2. The number of hydrogen-bond acceptors (Lipinski definition) is 4. The van der Waals surface area contributed by atoms with Gasteiger partial charge in [0.1, 0.15) is 19.3 Å². The monoisotopic (exact) mass is 458 g/mol. The molecule has 1 N–H and O–H groups in total. The molecule has 0 saturated heterocycles. The van der Waals surface area contributed by atoms with Gasteiger partial charge in [-0.2, -0.15) is 0 Å². The molecule has 1 aliphatic rings. The summed E-state index contributed by atoms with van der Waals surface area (Å²) in [5.41, 5.74) is 1.87. The average molecular weight is 459 g/mol. The molecule has 0 bridgehead atoms. The first kappa shape index (κ1) is 23.9. The number of ether oxygens (including phenoxy) is 2. The van der Waals surface area contributed by atoms with Crippen LogP contribution in [0.15, 0.2) is 42.5 Å². The Bertz CT molecular complexity index is 949. The highest BCUT2D eigenvalue weighted by Crippen LogP contribution is 2.31. The highest BCUT2D eigenvalue weighted by Gasteiger charge is 2.26. The van der Waals surface area contributed by atoms with Crippen LogP contribution in [0, 0.1) is 0 Å². The van der Waals surface area contributed by atoms with Crippen molar-refractivity contribution in [3.63, 3.8) is 0 Å². The number of halogens is 1. The molecule has 1 heterocycles. The zero-order valence-electron chi connectivity index (χ0n) is 18.9. The van der Waals surface area contributed by atoms with Crippen LogP contribution in [0.25, 0.3) is 0 Å². The molecular formula is C25H31ClN2O4. The Morgan fingerprint density at radius 1 is 1.06 bits per heavy atom. The summed E-state index contributed by atoms with van der Waals surface area (Å²) in [4.78, 5) is 27.7. The van der Waals surface area contributed by atoms with Crippen molar-refractivity contribution in [2.45, 2.75) is 58.7 Å². The number of aryl methyl sites for hydroxylation is 1. The molecule has 0 aliphatic carbocycles. The minimum Gasteiger partial charge on any atom is -0.486 e. The van der Waals surface area contributed by atoms with E-state index in [1.54, 1.807) is 17.9 Å². The van der Waals surface area contributed by atoms with Crippen LogP contribution in [0.3, 0.4) is 0 Å². The van der Waals surface area contributed by atoms with Crippen molar-refractivity contribution in [3.05, 3.63) is 58.6 Å². The van der Waals surface area contributed by atoms with E-state index in [9.17, 15) is 9.59 Å². The van der Waals surface area contributed by atoms with Crippen LogP contribution in [0.4, 0.5) is 0 Å². The Balaban J connectivity index is 1.72. The second-order valence-corrected chi connectivity index (χ2v) is 8.56. The van der Waals surface area contributed by atoms with Crippen LogP contribution in [-0.4, -0.2) is 42.0 Å². The van der Waals surface area contributed by atoms with Gasteiger partial charge in [-0.3, -0.25) is 9.59 Å². The lowest BCUT2D eigenvalue weighted by Crippen LogP contribution is -2.49. The van der Waals surface area contributed by atoms with Gasteiger partial charge in [0.2, 0.25) is 11.8 Å². The summed E-state index contributed by atoms with van der Waals surface area (Å²) in [5, 5.41) is 3.58. The van der Waals surface area contributed by atoms with Crippen molar-refractivity contribution in [2.24, 2.45) is 0 Å². The van der Waals surface area contributed by atoms with Gasteiger partial charge in [-0.05, 0) is 62.1 Å². The molecule has 6 nitrogen and oxygen atoms in total. The van der Waals surface area contributed by atoms with Crippen molar-refractivity contribution >= 4 is 23.4 Å². The first-order valence-corrected chi connectivity index (χ1v) is 11.5. The fraction of sp³-hybridized carbons (Fsp3) is 0.440. The van der Waals surface area contributed by atoms with E-state index in [1.807, 2.05) is 50.2 Å². The van der Waals surface area contributed by atoms with Crippen LogP contribution in [0.1, 0.15) is 44.7 Å². The third-order valence-electron chi connectivity index (χ3n) is 5.64. The molecule has 0 spiro atoms. The van der Waals surface area contributed by atoms with E-state index in [1.165, 1.54) is 0 Å². The molecular weight excluding hydrogens is 428 g/mol. The molecule has 2 aromatic carbocycles. The highest BCUT2D eigenvalue weighted by molar-refractivity contribution is 6.30. The van der Waals surface area contributed by atoms with Gasteiger partial charge in [0.15, 0.2) is 11.5 Å². The molecule has 2 aromatic rings. The van der Waals surface area contributed by atoms with E-state index in [0.29, 0.717) is 37.0 Å². The third kappa shape index (κ3) is 6.39. The fourth-order valence-corrected chi connectivity index (χ4v) is 3.73. The number of carbonyl (C=O) groups excluding carboxylic acids is 2. The van der Waals surface area contributed by atoms with E-state index in [-0.39, 0.29) is 24.3 Å². The molecule has 32 heavy (non-hydrogen) atoms. The van der Waals surface area contributed by atoms with Crippen LogP contribution in [0.2, 0.25) is 5.02 Å². The molecule has 0 radical (unpaired) electrons. The maximum Gasteiger partial charge on any atom is 0.242 e. The number of rotatable bonds is 9. The Morgan fingerprint density at radius 3 is 2.53 bits per heavy atom. The number of fused-ring (bicyclic) bond motifs is 1. The summed E-state index contributed by atoms with van der Waals surface area (Å²) >= 11 is 6.13. The van der Waals surface area contributed by atoms with Gasteiger partial charge in [0.25, 0.3) is 0 Å². The van der Waals surface area contributed by atoms with E-state index < -0.39 is 6.04 Å². The normalized spacial score (nSPS) is 14.4. The van der Waals surface area contributed by atoms with Gasteiger partial charge >= 0.3 is 0 Å².